The number of carbonyl (C=O) groups excluding carboxylic acids is 5. The highest BCUT2D eigenvalue weighted by Gasteiger charge is 2.29. The number of anilines is 2. The van der Waals surface area contributed by atoms with Gasteiger partial charge in [-0.25, -0.2) is 4.98 Å². The third kappa shape index (κ3) is 7.64. The predicted molar refractivity (Wildman–Crippen MR) is 152 cm³/mol. The summed E-state index contributed by atoms with van der Waals surface area (Å²) in [5.74, 6) is -1.97. The molecule has 40 heavy (non-hydrogen) atoms. The van der Waals surface area contributed by atoms with Gasteiger partial charge in [-0.1, -0.05) is 35.9 Å². The van der Waals surface area contributed by atoms with Crippen LogP contribution in [0.3, 0.4) is 0 Å². The summed E-state index contributed by atoms with van der Waals surface area (Å²) in [5.41, 5.74) is 2.14. The third-order valence-electron chi connectivity index (χ3n) is 5.92. The lowest BCUT2D eigenvalue weighted by molar-refractivity contribution is -0.124. The lowest BCUT2D eigenvalue weighted by Crippen LogP contribution is -2.31. The Kier molecular flexibility index (Phi) is 9.81. The first kappa shape index (κ1) is 28.7. The summed E-state index contributed by atoms with van der Waals surface area (Å²) in [6, 6.07) is 12.0. The molecular weight excluding hydrogens is 556 g/mol. The zero-order chi connectivity index (χ0) is 28.5. The molecule has 1 aliphatic heterocycles. The normalized spacial score (nSPS) is 11.9. The van der Waals surface area contributed by atoms with Gasteiger partial charge in [-0.05, 0) is 31.0 Å². The molecule has 0 spiro atoms. The second-order valence-corrected chi connectivity index (χ2v) is 10.1. The lowest BCUT2D eigenvalue weighted by atomic mass is 10.1. The average molecular weight is 583 g/mol. The maximum Gasteiger partial charge on any atom is 0.261 e. The highest BCUT2D eigenvalue weighted by Crippen LogP contribution is 2.30. The summed E-state index contributed by atoms with van der Waals surface area (Å²) in [6.07, 6.45) is 1.22. The van der Waals surface area contributed by atoms with E-state index < -0.39 is 17.7 Å². The number of hydrogen-bond donors (Lipinski definition) is 5. The number of fused-ring (bicyclic) bond motifs is 1. The van der Waals surface area contributed by atoms with Crippen molar-refractivity contribution in [2.75, 3.05) is 30.3 Å². The van der Waals surface area contributed by atoms with E-state index in [0.717, 1.165) is 11.3 Å². The number of halogens is 1. The van der Waals surface area contributed by atoms with Gasteiger partial charge in [0.15, 0.2) is 5.13 Å². The third-order valence-corrected chi connectivity index (χ3v) is 7.05. The lowest BCUT2D eigenvalue weighted by Gasteiger charge is -2.09. The quantitative estimate of drug-likeness (QED) is 0.153. The van der Waals surface area contributed by atoms with E-state index in [1.54, 1.807) is 12.1 Å². The molecule has 0 saturated heterocycles. The van der Waals surface area contributed by atoms with Crippen molar-refractivity contribution in [1.29, 1.82) is 0 Å². The Bertz CT molecular complexity index is 1440. The fourth-order valence-electron chi connectivity index (χ4n) is 3.92. The number of carbonyl (C=O) groups is 5. The molecule has 1 aromatic heterocycles. The van der Waals surface area contributed by atoms with E-state index in [0.29, 0.717) is 36.1 Å². The van der Waals surface area contributed by atoms with Crippen LogP contribution < -0.4 is 26.6 Å². The van der Waals surface area contributed by atoms with Crippen LogP contribution in [0.25, 0.3) is 11.3 Å². The van der Waals surface area contributed by atoms with E-state index in [9.17, 15) is 24.0 Å². The van der Waals surface area contributed by atoms with Crippen LogP contribution in [0.2, 0.25) is 5.02 Å². The fraction of sp³-hybridized carbons (Fsp3) is 0.259. The summed E-state index contributed by atoms with van der Waals surface area (Å²) in [5, 5.41) is 16.4. The molecule has 0 radical (unpaired) electrons. The SMILES string of the molecule is O=C(CCC(=O)Nc1cccc2c1C(=O)NC2=O)NCCCCNC(=O)CNc1nc(-c2ccccc2Cl)cs1. The molecule has 0 saturated carbocycles. The van der Waals surface area contributed by atoms with Crippen molar-refractivity contribution in [3.8, 4) is 11.3 Å². The molecule has 0 unspecified atom stereocenters. The van der Waals surface area contributed by atoms with Crippen LogP contribution in [0.1, 0.15) is 46.4 Å². The van der Waals surface area contributed by atoms with E-state index in [-0.39, 0.29) is 48.0 Å². The Morgan fingerprint density at radius 1 is 0.850 bits per heavy atom. The largest absolute Gasteiger partial charge is 0.356 e. The maximum atomic E-state index is 12.2. The topological polar surface area (TPSA) is 158 Å². The Balaban J connectivity index is 1.05. The molecular formula is C27H27ClN6O5S. The minimum absolute atomic E-state index is 0.0245. The second kappa shape index (κ2) is 13.7. The minimum atomic E-state index is -0.566. The van der Waals surface area contributed by atoms with E-state index in [1.807, 2.05) is 23.6 Å². The molecule has 5 amide bonds. The first-order valence-corrected chi connectivity index (χ1v) is 13.8. The predicted octanol–water partition coefficient (Wildman–Crippen LogP) is 3.19. The van der Waals surface area contributed by atoms with Crippen molar-refractivity contribution in [2.24, 2.45) is 0 Å². The first-order valence-electron chi connectivity index (χ1n) is 12.6. The molecule has 13 heteroatoms. The van der Waals surface area contributed by atoms with E-state index >= 15 is 0 Å². The zero-order valence-corrected chi connectivity index (χ0v) is 22.9. The molecule has 0 bridgehead atoms. The van der Waals surface area contributed by atoms with Crippen molar-refractivity contribution < 1.29 is 24.0 Å². The number of amides is 5. The number of nitrogens with zero attached hydrogens (tertiary/aromatic N) is 1. The molecule has 4 rings (SSSR count). The maximum absolute atomic E-state index is 12.2. The number of nitrogens with one attached hydrogen (secondary N) is 5. The van der Waals surface area contributed by atoms with Gasteiger partial charge in [0.05, 0.1) is 29.1 Å². The van der Waals surface area contributed by atoms with Gasteiger partial charge < -0.3 is 21.3 Å². The van der Waals surface area contributed by atoms with Gasteiger partial charge in [-0.2, -0.15) is 0 Å². The molecule has 3 aromatic rings. The molecule has 2 aromatic carbocycles. The van der Waals surface area contributed by atoms with Gasteiger partial charge in [0, 0.05) is 41.9 Å². The fourth-order valence-corrected chi connectivity index (χ4v) is 4.87. The molecule has 11 nitrogen and oxygen atoms in total. The number of thiazole rings is 1. The van der Waals surface area contributed by atoms with Gasteiger partial charge in [0.25, 0.3) is 11.8 Å². The Hall–Kier alpha value is -4.29. The number of rotatable bonds is 13. The Labute approximate surface area is 239 Å². The van der Waals surface area contributed by atoms with E-state index in [1.165, 1.54) is 23.5 Å². The van der Waals surface area contributed by atoms with Crippen molar-refractivity contribution in [1.82, 2.24) is 20.9 Å². The van der Waals surface area contributed by atoms with Crippen molar-refractivity contribution in [3.63, 3.8) is 0 Å². The Morgan fingerprint density at radius 3 is 2.33 bits per heavy atom. The van der Waals surface area contributed by atoms with E-state index in [2.05, 4.69) is 31.6 Å². The number of imide groups is 1. The zero-order valence-electron chi connectivity index (χ0n) is 21.3. The summed E-state index contributed by atoms with van der Waals surface area (Å²) >= 11 is 7.59. The summed E-state index contributed by atoms with van der Waals surface area (Å²) in [6.45, 7) is 0.951. The van der Waals surface area contributed by atoms with Crippen LogP contribution in [-0.2, 0) is 14.4 Å². The van der Waals surface area contributed by atoms with Gasteiger partial charge in [-0.3, -0.25) is 29.3 Å². The van der Waals surface area contributed by atoms with Gasteiger partial charge >= 0.3 is 0 Å². The van der Waals surface area contributed by atoms with Gasteiger partial charge in [0.1, 0.15) is 0 Å². The molecule has 0 fully saturated rings. The molecule has 0 aliphatic carbocycles. The average Bonchev–Trinajstić information content (AvgIpc) is 3.52. The first-order chi connectivity index (χ1) is 19.3. The summed E-state index contributed by atoms with van der Waals surface area (Å²) < 4.78 is 0. The summed E-state index contributed by atoms with van der Waals surface area (Å²) in [4.78, 5) is 64.6. The van der Waals surface area contributed by atoms with Crippen molar-refractivity contribution in [3.05, 3.63) is 64.0 Å². The number of unbranched alkanes of at least 4 members (excludes halogenated alkanes) is 1. The number of hydrogen-bond acceptors (Lipinski definition) is 8. The molecule has 1 aliphatic rings. The number of benzene rings is 2. The van der Waals surface area contributed by atoms with Crippen molar-refractivity contribution in [2.45, 2.75) is 25.7 Å². The molecule has 5 N–H and O–H groups in total. The smallest absolute Gasteiger partial charge is 0.261 e. The minimum Gasteiger partial charge on any atom is -0.356 e. The highest BCUT2D eigenvalue weighted by atomic mass is 35.5. The second-order valence-electron chi connectivity index (χ2n) is 8.84. The number of aromatic nitrogens is 1. The van der Waals surface area contributed by atoms with Crippen LogP contribution in [0.5, 0.6) is 0 Å². The van der Waals surface area contributed by atoms with Crippen LogP contribution >= 0.6 is 22.9 Å². The van der Waals surface area contributed by atoms with Crippen LogP contribution in [0.15, 0.2) is 47.8 Å². The molecule has 0 atom stereocenters. The van der Waals surface area contributed by atoms with Gasteiger partial charge in [-0.15, -0.1) is 11.3 Å². The summed E-state index contributed by atoms with van der Waals surface area (Å²) in [7, 11) is 0. The van der Waals surface area contributed by atoms with Gasteiger partial charge in [0.2, 0.25) is 17.7 Å². The standard InChI is InChI=1S/C27H27ClN6O5S/c28-18-8-2-1-6-16(18)20-15-40-27(33-20)31-14-23(37)30-13-4-3-12-29-21(35)10-11-22(36)32-19-9-5-7-17-24(19)26(39)34-25(17)38/h1-2,5-9,15H,3-4,10-14H2,(H,29,35)(H,30,37)(H,31,33)(H,32,36)(H,34,38,39). The Morgan fingerprint density at radius 2 is 1.55 bits per heavy atom. The van der Waals surface area contributed by atoms with Crippen LogP contribution in [0.4, 0.5) is 10.8 Å². The van der Waals surface area contributed by atoms with Crippen LogP contribution in [0, 0.1) is 0 Å². The molecule has 208 valence electrons. The highest BCUT2D eigenvalue weighted by molar-refractivity contribution is 7.14. The molecule has 2 heterocycles. The van der Waals surface area contributed by atoms with Crippen LogP contribution in [-0.4, -0.2) is 54.2 Å². The van der Waals surface area contributed by atoms with Crippen molar-refractivity contribution >= 4 is 63.3 Å². The van der Waals surface area contributed by atoms with E-state index in [4.69, 9.17) is 11.6 Å². The monoisotopic (exact) mass is 582 g/mol.